The van der Waals surface area contributed by atoms with Gasteiger partial charge in [0.1, 0.15) is 11.8 Å². The molecule has 1 heterocycles. The molecular formula is C26H35N3O4S. The fourth-order valence-electron chi connectivity index (χ4n) is 4.27. The van der Waals surface area contributed by atoms with Crippen LogP contribution >= 0.6 is 11.3 Å². The number of carbonyl (C=O) groups excluding carboxylic acids is 3. The van der Waals surface area contributed by atoms with Crippen molar-refractivity contribution in [3.63, 3.8) is 0 Å². The third-order valence-corrected chi connectivity index (χ3v) is 6.86. The third kappa shape index (κ3) is 6.82. The summed E-state index contributed by atoms with van der Waals surface area (Å²) in [6.07, 6.45) is 5.71. The second-order valence-corrected chi connectivity index (χ2v) is 9.41. The lowest BCUT2D eigenvalue weighted by atomic mass is 10.0. The summed E-state index contributed by atoms with van der Waals surface area (Å²) < 4.78 is 5.83. The lowest BCUT2D eigenvalue weighted by Crippen LogP contribution is -2.49. The quantitative estimate of drug-likeness (QED) is 0.469. The first-order chi connectivity index (χ1) is 16.5. The summed E-state index contributed by atoms with van der Waals surface area (Å²) in [6, 6.07) is 10.2. The molecule has 0 saturated heterocycles. The summed E-state index contributed by atoms with van der Waals surface area (Å²) in [5, 5.41) is 7.71. The minimum Gasteiger partial charge on any atom is -0.494 e. The highest BCUT2D eigenvalue weighted by molar-refractivity contribution is 7.12. The van der Waals surface area contributed by atoms with Crippen LogP contribution in [0.4, 0.5) is 0 Å². The third-order valence-electron chi connectivity index (χ3n) is 5.99. The highest BCUT2D eigenvalue weighted by atomic mass is 32.1. The fourth-order valence-corrected chi connectivity index (χ4v) is 4.91. The number of ether oxygens (including phenoxy) is 1. The second-order valence-electron chi connectivity index (χ2n) is 8.46. The molecular weight excluding hydrogens is 450 g/mol. The van der Waals surface area contributed by atoms with Gasteiger partial charge >= 0.3 is 0 Å². The predicted octanol–water partition coefficient (Wildman–Crippen LogP) is 4.31. The minimum absolute atomic E-state index is 0.121. The van der Waals surface area contributed by atoms with Crippen LogP contribution in [0.5, 0.6) is 5.75 Å². The number of nitrogens with one attached hydrogen (secondary N) is 2. The number of thiophene rings is 1. The zero-order chi connectivity index (χ0) is 24.3. The summed E-state index contributed by atoms with van der Waals surface area (Å²) in [5.41, 5.74) is 0.661. The molecule has 3 rings (SSSR count). The molecule has 1 fully saturated rings. The van der Waals surface area contributed by atoms with E-state index in [4.69, 9.17) is 4.74 Å². The van der Waals surface area contributed by atoms with Crippen molar-refractivity contribution in [1.29, 1.82) is 0 Å². The highest BCUT2D eigenvalue weighted by Crippen LogP contribution is 2.31. The van der Waals surface area contributed by atoms with Crippen molar-refractivity contribution in [2.75, 3.05) is 19.7 Å². The van der Waals surface area contributed by atoms with Gasteiger partial charge in [0.25, 0.3) is 5.91 Å². The van der Waals surface area contributed by atoms with Gasteiger partial charge in [-0.1, -0.05) is 50.5 Å². The molecule has 1 aromatic carbocycles. The van der Waals surface area contributed by atoms with E-state index in [9.17, 15) is 14.4 Å². The number of amides is 3. The van der Waals surface area contributed by atoms with Crippen LogP contribution in [-0.2, 0) is 9.59 Å². The van der Waals surface area contributed by atoms with Gasteiger partial charge < -0.3 is 20.3 Å². The molecule has 1 aromatic heterocycles. The van der Waals surface area contributed by atoms with Crippen LogP contribution in [-0.4, -0.2) is 48.4 Å². The van der Waals surface area contributed by atoms with E-state index in [1.807, 2.05) is 43.5 Å². The van der Waals surface area contributed by atoms with Crippen LogP contribution in [0.2, 0.25) is 0 Å². The molecule has 0 bridgehead atoms. The Morgan fingerprint density at radius 1 is 1.12 bits per heavy atom. The Morgan fingerprint density at radius 2 is 1.88 bits per heavy atom. The summed E-state index contributed by atoms with van der Waals surface area (Å²) in [5.74, 6) is -0.196. The van der Waals surface area contributed by atoms with Crippen LogP contribution in [0.25, 0.3) is 0 Å². The first-order valence-electron chi connectivity index (χ1n) is 12.2. The number of hydrogen-bond donors (Lipinski definition) is 2. The fraction of sp³-hybridized carbons (Fsp3) is 0.500. The van der Waals surface area contributed by atoms with Gasteiger partial charge in [-0.15, -0.1) is 11.3 Å². The molecule has 1 saturated carbocycles. The standard InChI is InChI=1S/C26H35N3O4S/c1-3-5-16-29(23(30)18-27-25(31)22-15-10-17-34-22)24(26(32)28-19-11-6-7-12-19)20-13-8-9-14-21(20)33-4-2/h8-10,13-15,17,19,24H,3-7,11-12,16,18H2,1-2H3,(H,27,31)(H,28,32). The molecule has 1 unspecified atom stereocenters. The first kappa shape index (κ1) is 25.7. The summed E-state index contributed by atoms with van der Waals surface area (Å²) in [4.78, 5) is 41.6. The van der Waals surface area contributed by atoms with Crippen molar-refractivity contribution < 1.29 is 19.1 Å². The maximum Gasteiger partial charge on any atom is 0.261 e. The van der Waals surface area contributed by atoms with Crippen molar-refractivity contribution >= 4 is 29.1 Å². The maximum atomic E-state index is 13.6. The SMILES string of the molecule is CCCCN(C(=O)CNC(=O)c1cccs1)C(C(=O)NC1CCCC1)c1ccccc1OCC. The van der Waals surface area contributed by atoms with E-state index < -0.39 is 6.04 Å². The first-order valence-corrected chi connectivity index (χ1v) is 13.1. The van der Waals surface area contributed by atoms with Gasteiger partial charge in [-0.2, -0.15) is 0 Å². The number of unbranched alkanes of at least 4 members (excludes halogenated alkanes) is 1. The zero-order valence-corrected chi connectivity index (χ0v) is 20.9. The summed E-state index contributed by atoms with van der Waals surface area (Å²) in [7, 11) is 0. The van der Waals surface area contributed by atoms with Crippen molar-refractivity contribution in [3.8, 4) is 5.75 Å². The average molecular weight is 486 g/mol. The Bertz CT molecular complexity index is 941. The molecule has 1 aliphatic carbocycles. The molecule has 2 aromatic rings. The van der Waals surface area contributed by atoms with Gasteiger partial charge in [0.05, 0.1) is 18.0 Å². The number of benzene rings is 1. The molecule has 184 valence electrons. The average Bonchev–Trinajstić information content (AvgIpc) is 3.55. The van der Waals surface area contributed by atoms with Crippen molar-refractivity contribution in [1.82, 2.24) is 15.5 Å². The summed E-state index contributed by atoms with van der Waals surface area (Å²) >= 11 is 1.32. The van der Waals surface area contributed by atoms with E-state index in [1.165, 1.54) is 11.3 Å². The van der Waals surface area contributed by atoms with Crippen LogP contribution in [0.15, 0.2) is 41.8 Å². The predicted molar refractivity (Wildman–Crippen MR) is 134 cm³/mol. The number of nitrogens with zero attached hydrogens (tertiary/aromatic N) is 1. The van der Waals surface area contributed by atoms with Gasteiger partial charge in [-0.25, -0.2) is 0 Å². The maximum absolute atomic E-state index is 13.6. The summed E-state index contributed by atoms with van der Waals surface area (Å²) in [6.45, 7) is 4.62. The van der Waals surface area contributed by atoms with Crippen molar-refractivity contribution in [3.05, 3.63) is 52.2 Å². The topological polar surface area (TPSA) is 87.7 Å². The van der Waals surface area contributed by atoms with Crippen LogP contribution in [0, 0.1) is 0 Å². The van der Waals surface area contributed by atoms with E-state index in [-0.39, 0.29) is 30.3 Å². The molecule has 0 aliphatic heterocycles. The van der Waals surface area contributed by atoms with Crippen LogP contribution in [0.3, 0.4) is 0 Å². The van der Waals surface area contributed by atoms with Gasteiger partial charge in [0.15, 0.2) is 0 Å². The monoisotopic (exact) mass is 485 g/mol. The number of carbonyl (C=O) groups is 3. The Kier molecular flexibility index (Phi) is 9.94. The van der Waals surface area contributed by atoms with E-state index in [0.29, 0.717) is 29.3 Å². The van der Waals surface area contributed by atoms with Gasteiger partial charge in [0.2, 0.25) is 11.8 Å². The number of para-hydroxylation sites is 1. The van der Waals surface area contributed by atoms with Crippen LogP contribution in [0.1, 0.15) is 73.6 Å². The van der Waals surface area contributed by atoms with Gasteiger partial charge in [-0.3, -0.25) is 14.4 Å². The smallest absolute Gasteiger partial charge is 0.261 e. The minimum atomic E-state index is -0.832. The van der Waals surface area contributed by atoms with E-state index in [2.05, 4.69) is 10.6 Å². The molecule has 7 nitrogen and oxygen atoms in total. The van der Waals surface area contributed by atoms with Gasteiger partial charge in [-0.05, 0) is 43.7 Å². The number of hydrogen-bond acceptors (Lipinski definition) is 5. The van der Waals surface area contributed by atoms with E-state index in [0.717, 1.165) is 38.5 Å². The highest BCUT2D eigenvalue weighted by Gasteiger charge is 2.34. The van der Waals surface area contributed by atoms with Crippen molar-refractivity contribution in [2.45, 2.75) is 64.5 Å². The largest absolute Gasteiger partial charge is 0.494 e. The second kappa shape index (κ2) is 13.1. The molecule has 8 heteroatoms. The van der Waals surface area contributed by atoms with Crippen LogP contribution < -0.4 is 15.4 Å². The molecule has 0 radical (unpaired) electrons. The van der Waals surface area contributed by atoms with Gasteiger partial charge in [0, 0.05) is 18.2 Å². The molecule has 3 amide bonds. The Morgan fingerprint density at radius 3 is 2.56 bits per heavy atom. The Balaban J connectivity index is 1.88. The molecule has 2 N–H and O–H groups in total. The molecule has 34 heavy (non-hydrogen) atoms. The Labute approximate surface area is 205 Å². The lowest BCUT2D eigenvalue weighted by molar-refractivity contribution is -0.140. The van der Waals surface area contributed by atoms with E-state index >= 15 is 0 Å². The van der Waals surface area contributed by atoms with E-state index in [1.54, 1.807) is 17.0 Å². The number of rotatable bonds is 12. The van der Waals surface area contributed by atoms with Crippen molar-refractivity contribution in [2.24, 2.45) is 0 Å². The Hall–Kier alpha value is -2.87. The molecule has 1 atom stereocenters. The molecule has 1 aliphatic rings. The zero-order valence-electron chi connectivity index (χ0n) is 20.0. The molecule has 0 spiro atoms. The lowest BCUT2D eigenvalue weighted by Gasteiger charge is -2.33. The normalized spacial score (nSPS) is 14.4.